The van der Waals surface area contributed by atoms with Crippen molar-refractivity contribution in [3.63, 3.8) is 0 Å². The summed E-state index contributed by atoms with van der Waals surface area (Å²) in [5.41, 5.74) is 3.84. The minimum absolute atomic E-state index is 0.0619. The van der Waals surface area contributed by atoms with Crippen molar-refractivity contribution in [3.8, 4) is 0 Å². The van der Waals surface area contributed by atoms with Crippen LogP contribution in [0.3, 0.4) is 0 Å². The summed E-state index contributed by atoms with van der Waals surface area (Å²) in [4.78, 5) is 16.3. The third-order valence-corrected chi connectivity index (χ3v) is 4.53. The van der Waals surface area contributed by atoms with E-state index in [1.165, 1.54) is 25.0 Å². The fraction of sp³-hybridized carbons (Fsp3) is 0.538. The molecule has 2 heterocycles. The average Bonchev–Trinajstić information content (AvgIpc) is 2.45. The zero-order chi connectivity index (χ0) is 13.7. The van der Waals surface area contributed by atoms with Gasteiger partial charge in [-0.05, 0) is 37.7 Å². The second kappa shape index (κ2) is 6.77. The molecule has 104 valence electrons. The average molecular weight is 280 g/mol. The summed E-state index contributed by atoms with van der Waals surface area (Å²) in [7, 11) is 0. The SMILES string of the molecule is Cc1cc(C(=O)NCC2CCCCS2)cc(NN)n1. The molecule has 1 aromatic rings. The number of thioether (sulfide) groups is 1. The van der Waals surface area contributed by atoms with Crippen molar-refractivity contribution < 1.29 is 4.79 Å². The van der Waals surface area contributed by atoms with E-state index >= 15 is 0 Å². The van der Waals surface area contributed by atoms with Gasteiger partial charge < -0.3 is 10.7 Å². The van der Waals surface area contributed by atoms with Gasteiger partial charge in [0.2, 0.25) is 0 Å². The highest BCUT2D eigenvalue weighted by atomic mass is 32.2. The number of hydrogen-bond acceptors (Lipinski definition) is 5. The number of nitrogens with zero attached hydrogens (tertiary/aromatic N) is 1. The van der Waals surface area contributed by atoms with E-state index in [1.807, 2.05) is 18.7 Å². The molecule has 0 spiro atoms. The minimum Gasteiger partial charge on any atom is -0.351 e. The van der Waals surface area contributed by atoms with Crippen LogP contribution >= 0.6 is 11.8 Å². The molecule has 0 radical (unpaired) electrons. The Bertz CT molecular complexity index is 446. The molecule has 0 aliphatic carbocycles. The molecule has 0 bridgehead atoms. The summed E-state index contributed by atoms with van der Waals surface area (Å²) in [6, 6.07) is 3.43. The standard InChI is InChI=1S/C13H20N4OS/c1-9-6-10(7-12(16-9)17-14)13(18)15-8-11-4-2-3-5-19-11/h6-7,11H,2-5,8,14H2,1H3,(H,15,18)(H,16,17). The number of nitrogen functional groups attached to an aromatic ring is 1. The number of hydrogen-bond donors (Lipinski definition) is 3. The largest absolute Gasteiger partial charge is 0.351 e. The quantitative estimate of drug-likeness (QED) is 0.578. The highest BCUT2D eigenvalue weighted by Crippen LogP contribution is 2.24. The van der Waals surface area contributed by atoms with Crippen molar-refractivity contribution in [2.75, 3.05) is 17.7 Å². The number of aryl methyl sites for hydroxylation is 1. The lowest BCUT2D eigenvalue weighted by Crippen LogP contribution is -2.32. The van der Waals surface area contributed by atoms with Crippen LogP contribution in [0, 0.1) is 6.92 Å². The lowest BCUT2D eigenvalue weighted by atomic mass is 10.1. The molecule has 1 atom stereocenters. The van der Waals surface area contributed by atoms with Crippen LogP contribution in [0.1, 0.15) is 35.3 Å². The van der Waals surface area contributed by atoms with Crippen LogP contribution in [-0.4, -0.2) is 28.4 Å². The van der Waals surface area contributed by atoms with Gasteiger partial charge in [0.15, 0.2) is 0 Å². The molecule has 19 heavy (non-hydrogen) atoms. The Balaban J connectivity index is 1.93. The minimum atomic E-state index is -0.0619. The monoisotopic (exact) mass is 280 g/mol. The Morgan fingerprint density at radius 2 is 2.37 bits per heavy atom. The van der Waals surface area contributed by atoms with Gasteiger partial charge in [-0.25, -0.2) is 10.8 Å². The number of pyridine rings is 1. The summed E-state index contributed by atoms with van der Waals surface area (Å²) in [5.74, 6) is 6.98. The van der Waals surface area contributed by atoms with Gasteiger partial charge in [-0.1, -0.05) is 6.42 Å². The first kappa shape index (κ1) is 14.1. The maximum absolute atomic E-state index is 12.1. The second-order valence-corrected chi connectivity index (χ2v) is 6.13. The summed E-state index contributed by atoms with van der Waals surface area (Å²) < 4.78 is 0. The molecule has 6 heteroatoms. The first-order valence-corrected chi connectivity index (χ1v) is 7.59. The molecular formula is C13H20N4OS. The van der Waals surface area contributed by atoms with Gasteiger partial charge in [0.05, 0.1) is 0 Å². The Morgan fingerprint density at radius 3 is 3.05 bits per heavy atom. The Labute approximate surface area is 117 Å². The number of carbonyl (C=O) groups is 1. The molecule has 0 aromatic carbocycles. The lowest BCUT2D eigenvalue weighted by Gasteiger charge is -2.21. The maximum Gasteiger partial charge on any atom is 0.251 e. The van der Waals surface area contributed by atoms with Gasteiger partial charge in [-0.2, -0.15) is 11.8 Å². The third kappa shape index (κ3) is 4.11. The molecular weight excluding hydrogens is 260 g/mol. The zero-order valence-corrected chi connectivity index (χ0v) is 11.9. The highest BCUT2D eigenvalue weighted by Gasteiger charge is 2.15. The van der Waals surface area contributed by atoms with Crippen LogP contribution in [0.2, 0.25) is 0 Å². The van der Waals surface area contributed by atoms with Crippen molar-refractivity contribution >= 4 is 23.5 Å². The van der Waals surface area contributed by atoms with Gasteiger partial charge in [0.1, 0.15) is 5.82 Å². The van der Waals surface area contributed by atoms with E-state index in [2.05, 4.69) is 15.7 Å². The lowest BCUT2D eigenvalue weighted by molar-refractivity contribution is 0.0953. The van der Waals surface area contributed by atoms with Crippen molar-refractivity contribution in [1.29, 1.82) is 0 Å². The Hall–Kier alpha value is -1.27. The first-order valence-electron chi connectivity index (χ1n) is 6.54. The molecule has 1 saturated heterocycles. The summed E-state index contributed by atoms with van der Waals surface area (Å²) >= 11 is 1.95. The smallest absolute Gasteiger partial charge is 0.251 e. The van der Waals surface area contributed by atoms with Crippen LogP contribution in [0.15, 0.2) is 12.1 Å². The van der Waals surface area contributed by atoms with Gasteiger partial charge in [-0.3, -0.25) is 4.79 Å². The molecule has 1 aromatic heterocycles. The fourth-order valence-corrected chi connectivity index (χ4v) is 3.39. The Kier molecular flexibility index (Phi) is 5.04. The number of aromatic nitrogens is 1. The van der Waals surface area contributed by atoms with Gasteiger partial charge >= 0.3 is 0 Å². The predicted molar refractivity (Wildman–Crippen MR) is 79.2 cm³/mol. The number of nitrogens with two attached hydrogens (primary N) is 1. The third-order valence-electron chi connectivity index (χ3n) is 3.13. The van der Waals surface area contributed by atoms with E-state index in [-0.39, 0.29) is 5.91 Å². The van der Waals surface area contributed by atoms with E-state index in [9.17, 15) is 4.79 Å². The van der Waals surface area contributed by atoms with Crippen LogP contribution < -0.4 is 16.6 Å². The summed E-state index contributed by atoms with van der Waals surface area (Å²) in [6.45, 7) is 2.57. The van der Waals surface area contributed by atoms with Crippen molar-refractivity contribution in [1.82, 2.24) is 10.3 Å². The van der Waals surface area contributed by atoms with E-state index < -0.39 is 0 Å². The predicted octanol–water partition coefficient (Wildman–Crippen LogP) is 1.69. The van der Waals surface area contributed by atoms with E-state index in [1.54, 1.807) is 12.1 Å². The first-order chi connectivity index (χ1) is 9.19. The number of anilines is 1. The van der Waals surface area contributed by atoms with Crippen molar-refractivity contribution in [3.05, 3.63) is 23.4 Å². The number of nitrogens with one attached hydrogen (secondary N) is 2. The molecule has 1 fully saturated rings. The molecule has 1 aliphatic heterocycles. The number of carbonyl (C=O) groups excluding carboxylic acids is 1. The van der Waals surface area contributed by atoms with E-state index in [4.69, 9.17) is 5.84 Å². The van der Waals surface area contributed by atoms with Crippen LogP contribution in [-0.2, 0) is 0 Å². The summed E-state index contributed by atoms with van der Waals surface area (Å²) in [6.07, 6.45) is 3.75. The van der Waals surface area contributed by atoms with E-state index in [0.29, 0.717) is 16.6 Å². The molecule has 4 N–H and O–H groups in total. The molecule has 1 amide bonds. The molecule has 0 saturated carbocycles. The van der Waals surface area contributed by atoms with Crippen molar-refractivity contribution in [2.24, 2.45) is 5.84 Å². The Morgan fingerprint density at radius 1 is 1.53 bits per heavy atom. The van der Waals surface area contributed by atoms with Crippen LogP contribution in [0.4, 0.5) is 5.82 Å². The van der Waals surface area contributed by atoms with Crippen LogP contribution in [0.25, 0.3) is 0 Å². The normalized spacial score (nSPS) is 18.9. The summed E-state index contributed by atoms with van der Waals surface area (Å²) in [5, 5.41) is 3.54. The number of rotatable bonds is 4. The number of amides is 1. The number of hydrazine groups is 1. The van der Waals surface area contributed by atoms with Crippen LogP contribution in [0.5, 0.6) is 0 Å². The molecule has 1 unspecified atom stereocenters. The topological polar surface area (TPSA) is 80.0 Å². The fourth-order valence-electron chi connectivity index (χ4n) is 2.15. The molecule has 2 rings (SSSR count). The highest BCUT2D eigenvalue weighted by molar-refractivity contribution is 7.99. The van der Waals surface area contributed by atoms with Crippen molar-refractivity contribution in [2.45, 2.75) is 31.4 Å². The second-order valence-electron chi connectivity index (χ2n) is 4.73. The molecule has 1 aliphatic rings. The maximum atomic E-state index is 12.1. The zero-order valence-electron chi connectivity index (χ0n) is 11.1. The van der Waals surface area contributed by atoms with Gasteiger partial charge in [0.25, 0.3) is 5.91 Å². The van der Waals surface area contributed by atoms with Gasteiger partial charge in [-0.15, -0.1) is 0 Å². The van der Waals surface area contributed by atoms with E-state index in [0.717, 1.165) is 12.2 Å². The van der Waals surface area contributed by atoms with Gasteiger partial charge in [0, 0.05) is 23.1 Å². The molecule has 5 nitrogen and oxygen atoms in total.